The van der Waals surface area contributed by atoms with Gasteiger partial charge in [0, 0.05) is 12.1 Å². The highest BCUT2D eigenvalue weighted by Crippen LogP contribution is 2.31. The molecule has 0 bridgehead atoms. The molecule has 0 spiro atoms. The summed E-state index contributed by atoms with van der Waals surface area (Å²) in [6.45, 7) is 5.31. The van der Waals surface area contributed by atoms with Crippen LogP contribution in [0.4, 0.5) is 0 Å². The molecule has 1 aromatic carbocycles. The third kappa shape index (κ3) is 3.97. The molecule has 1 fully saturated rings. The quantitative estimate of drug-likeness (QED) is 0.863. The second-order valence-electron chi connectivity index (χ2n) is 5.82. The fraction of sp³-hybridized carbons (Fsp3) is 0.647. The highest BCUT2D eigenvalue weighted by Gasteiger charge is 2.22. The van der Waals surface area contributed by atoms with Gasteiger partial charge in [-0.05, 0) is 45.2 Å². The third-order valence-corrected chi connectivity index (χ3v) is 4.19. The zero-order chi connectivity index (χ0) is 13.7. The molecule has 1 N–H and O–H groups in total. The predicted octanol–water partition coefficient (Wildman–Crippen LogP) is 4.06. The van der Waals surface area contributed by atoms with Crippen molar-refractivity contribution in [2.75, 3.05) is 7.05 Å². The van der Waals surface area contributed by atoms with Crippen molar-refractivity contribution in [3.8, 4) is 5.75 Å². The first-order valence-corrected chi connectivity index (χ1v) is 7.63. The van der Waals surface area contributed by atoms with Crippen LogP contribution in [-0.2, 0) is 6.54 Å². The molecular weight excluding hydrogens is 234 g/mol. The molecule has 0 heterocycles. The maximum Gasteiger partial charge on any atom is 0.124 e. The number of rotatable bonds is 5. The molecular formula is C17H27NO. The molecule has 2 unspecified atom stereocenters. The van der Waals surface area contributed by atoms with Gasteiger partial charge in [0.2, 0.25) is 0 Å². The lowest BCUT2D eigenvalue weighted by atomic mass is 9.85. The van der Waals surface area contributed by atoms with Gasteiger partial charge in [-0.3, -0.25) is 0 Å². The Balaban J connectivity index is 2.05. The van der Waals surface area contributed by atoms with Crippen LogP contribution in [0.2, 0.25) is 0 Å². The van der Waals surface area contributed by atoms with Gasteiger partial charge in [-0.2, -0.15) is 0 Å². The fourth-order valence-corrected chi connectivity index (χ4v) is 3.05. The predicted molar refractivity (Wildman–Crippen MR) is 80.6 cm³/mol. The minimum Gasteiger partial charge on any atom is -0.490 e. The van der Waals surface area contributed by atoms with Crippen molar-refractivity contribution in [3.05, 3.63) is 29.3 Å². The highest BCUT2D eigenvalue weighted by molar-refractivity contribution is 5.37. The zero-order valence-corrected chi connectivity index (χ0v) is 12.5. The molecule has 2 nitrogen and oxygen atoms in total. The van der Waals surface area contributed by atoms with Gasteiger partial charge >= 0.3 is 0 Å². The van der Waals surface area contributed by atoms with E-state index in [2.05, 4.69) is 37.4 Å². The van der Waals surface area contributed by atoms with E-state index in [1.807, 2.05) is 7.05 Å². The van der Waals surface area contributed by atoms with Crippen molar-refractivity contribution < 1.29 is 4.74 Å². The molecule has 1 aliphatic rings. The Bertz CT molecular complexity index is 402. The van der Waals surface area contributed by atoms with E-state index < -0.39 is 0 Å². The van der Waals surface area contributed by atoms with E-state index in [-0.39, 0.29) is 0 Å². The summed E-state index contributed by atoms with van der Waals surface area (Å²) in [5.74, 6) is 1.93. The molecule has 2 heteroatoms. The van der Waals surface area contributed by atoms with Crippen molar-refractivity contribution in [1.82, 2.24) is 5.32 Å². The first-order chi connectivity index (χ1) is 9.22. The highest BCUT2D eigenvalue weighted by atomic mass is 16.5. The molecule has 1 saturated carbocycles. The molecule has 2 atom stereocenters. The molecule has 0 radical (unpaired) electrons. The van der Waals surface area contributed by atoms with Crippen molar-refractivity contribution >= 4 is 0 Å². The Labute approximate surface area is 117 Å². The van der Waals surface area contributed by atoms with Crippen molar-refractivity contribution in [2.45, 2.75) is 58.6 Å². The van der Waals surface area contributed by atoms with Gasteiger partial charge in [0.05, 0.1) is 6.10 Å². The minimum absolute atomic E-state index is 0.414. The fourth-order valence-electron chi connectivity index (χ4n) is 3.05. The molecule has 1 aromatic rings. The smallest absolute Gasteiger partial charge is 0.124 e. The van der Waals surface area contributed by atoms with Crippen molar-refractivity contribution in [3.63, 3.8) is 0 Å². The maximum absolute atomic E-state index is 6.29. The van der Waals surface area contributed by atoms with Crippen molar-refractivity contribution in [1.29, 1.82) is 0 Å². The lowest BCUT2D eigenvalue weighted by Gasteiger charge is -2.29. The van der Waals surface area contributed by atoms with E-state index in [1.54, 1.807) is 0 Å². The summed E-state index contributed by atoms with van der Waals surface area (Å²) in [7, 11) is 1.99. The van der Waals surface area contributed by atoms with Crippen LogP contribution in [0.25, 0.3) is 0 Å². The minimum atomic E-state index is 0.414. The average molecular weight is 261 g/mol. The van der Waals surface area contributed by atoms with E-state index >= 15 is 0 Å². The van der Waals surface area contributed by atoms with Crippen LogP contribution >= 0.6 is 0 Å². The maximum atomic E-state index is 6.29. The van der Waals surface area contributed by atoms with Crippen LogP contribution in [-0.4, -0.2) is 13.2 Å². The summed E-state index contributed by atoms with van der Waals surface area (Å²) in [6, 6.07) is 6.51. The van der Waals surface area contributed by atoms with Gasteiger partial charge < -0.3 is 10.1 Å². The Morgan fingerprint density at radius 1 is 1.32 bits per heavy atom. The number of hydrogen-bond acceptors (Lipinski definition) is 2. The number of benzene rings is 1. The lowest BCUT2D eigenvalue weighted by Crippen LogP contribution is -2.25. The van der Waals surface area contributed by atoms with Gasteiger partial charge in [0.1, 0.15) is 5.75 Å². The number of nitrogens with one attached hydrogen (secondary N) is 1. The largest absolute Gasteiger partial charge is 0.490 e. The topological polar surface area (TPSA) is 21.3 Å². The van der Waals surface area contributed by atoms with Gasteiger partial charge in [-0.15, -0.1) is 0 Å². The van der Waals surface area contributed by atoms with Crippen LogP contribution in [0.15, 0.2) is 18.2 Å². The normalized spacial score (nSPS) is 23.3. The molecule has 0 aromatic heterocycles. The lowest BCUT2D eigenvalue weighted by molar-refractivity contribution is 0.121. The molecule has 19 heavy (non-hydrogen) atoms. The average Bonchev–Trinajstić information content (AvgIpc) is 2.42. The molecule has 0 aliphatic heterocycles. The molecule has 1 aliphatic carbocycles. The van der Waals surface area contributed by atoms with Gasteiger partial charge in [0.25, 0.3) is 0 Å². The molecule has 106 valence electrons. The van der Waals surface area contributed by atoms with Crippen LogP contribution in [0, 0.1) is 12.8 Å². The third-order valence-electron chi connectivity index (χ3n) is 4.19. The van der Waals surface area contributed by atoms with Crippen LogP contribution in [0.3, 0.4) is 0 Å². The second kappa shape index (κ2) is 6.95. The Morgan fingerprint density at radius 2 is 2.16 bits per heavy atom. The number of ether oxygens (including phenoxy) is 1. The second-order valence-corrected chi connectivity index (χ2v) is 5.82. The van der Waals surface area contributed by atoms with E-state index in [1.165, 1.54) is 43.2 Å². The van der Waals surface area contributed by atoms with Crippen LogP contribution < -0.4 is 10.1 Å². The summed E-state index contributed by atoms with van der Waals surface area (Å²) in [5, 5.41) is 3.23. The van der Waals surface area contributed by atoms with Crippen molar-refractivity contribution in [2.24, 2.45) is 5.92 Å². The Kier molecular flexibility index (Phi) is 5.26. The van der Waals surface area contributed by atoms with E-state index in [0.717, 1.165) is 18.2 Å². The first-order valence-electron chi connectivity index (χ1n) is 7.63. The molecule has 2 rings (SSSR count). The first kappa shape index (κ1) is 14.4. The summed E-state index contributed by atoms with van der Waals surface area (Å²) in [4.78, 5) is 0. The van der Waals surface area contributed by atoms with Gasteiger partial charge in [-0.1, -0.05) is 37.5 Å². The zero-order valence-electron chi connectivity index (χ0n) is 12.5. The Morgan fingerprint density at radius 3 is 2.89 bits per heavy atom. The van der Waals surface area contributed by atoms with E-state index in [4.69, 9.17) is 4.74 Å². The van der Waals surface area contributed by atoms with Gasteiger partial charge in [-0.25, -0.2) is 0 Å². The summed E-state index contributed by atoms with van der Waals surface area (Å²) in [5.41, 5.74) is 2.58. The SMILES string of the molecule is CCC1CCCC(Oc2ccc(C)cc2CNC)C1. The van der Waals surface area contributed by atoms with Crippen LogP contribution in [0.5, 0.6) is 5.75 Å². The molecule has 0 amide bonds. The van der Waals surface area contributed by atoms with Gasteiger partial charge in [0.15, 0.2) is 0 Å². The summed E-state index contributed by atoms with van der Waals surface area (Å²) < 4.78 is 6.29. The van der Waals surface area contributed by atoms with E-state index in [9.17, 15) is 0 Å². The Hall–Kier alpha value is -1.02. The number of hydrogen-bond donors (Lipinski definition) is 1. The number of aryl methyl sites for hydroxylation is 1. The summed E-state index contributed by atoms with van der Waals surface area (Å²) in [6.07, 6.45) is 6.84. The van der Waals surface area contributed by atoms with E-state index in [0.29, 0.717) is 6.10 Å². The summed E-state index contributed by atoms with van der Waals surface area (Å²) >= 11 is 0. The van der Waals surface area contributed by atoms with Crippen LogP contribution in [0.1, 0.15) is 50.2 Å². The standard InChI is InChI=1S/C17H27NO/c1-4-14-6-5-7-16(11-14)19-17-9-8-13(2)10-15(17)12-18-3/h8-10,14,16,18H,4-7,11-12H2,1-3H3. The monoisotopic (exact) mass is 261 g/mol. The molecule has 0 saturated heterocycles.